The number of hydrogen-bond donors (Lipinski definition) is 1. The zero-order valence-corrected chi connectivity index (χ0v) is 14.2. The molecule has 0 spiro atoms. The first-order valence-electron chi connectivity index (χ1n) is 6.69. The maximum Gasteiger partial charge on any atom is 0.254 e. The molecule has 3 nitrogen and oxygen atoms in total. The van der Waals surface area contributed by atoms with Crippen molar-refractivity contribution >= 4 is 33.4 Å². The average molecular weight is 368 g/mol. The third-order valence-corrected chi connectivity index (χ3v) is 3.98. The molecule has 1 amide bonds. The van der Waals surface area contributed by atoms with Gasteiger partial charge in [-0.05, 0) is 40.9 Å². The van der Waals surface area contributed by atoms with Crippen LogP contribution in [0, 0.1) is 6.92 Å². The monoisotopic (exact) mass is 366 g/mol. The molecule has 0 bridgehead atoms. The lowest BCUT2D eigenvalue weighted by Crippen LogP contribution is -2.28. The van der Waals surface area contributed by atoms with Crippen molar-refractivity contribution in [2.24, 2.45) is 0 Å². The number of rotatable bonds is 4. The number of hydrogen-bond acceptors (Lipinski definition) is 2. The standard InChI is InChI=1S/C16H16BrClN2O/c1-3-14(11-6-4-10(2)5-7-11)20-16(21)13-8-12(17)9-19-15(13)18/h4-9,14H,3H2,1-2H3,(H,20,21). The molecule has 1 aromatic carbocycles. The van der Waals surface area contributed by atoms with Gasteiger partial charge in [-0.25, -0.2) is 4.98 Å². The number of amides is 1. The Bertz CT molecular complexity index is 643. The number of carbonyl (C=O) groups excluding carboxylic acids is 1. The van der Waals surface area contributed by atoms with E-state index in [1.165, 1.54) is 5.56 Å². The van der Waals surface area contributed by atoms with Crippen molar-refractivity contribution in [1.82, 2.24) is 10.3 Å². The molecule has 2 aromatic rings. The first kappa shape index (κ1) is 16.0. The van der Waals surface area contributed by atoms with Crippen molar-refractivity contribution in [2.75, 3.05) is 0 Å². The highest BCUT2D eigenvalue weighted by Crippen LogP contribution is 2.21. The average Bonchev–Trinajstić information content (AvgIpc) is 2.48. The van der Waals surface area contributed by atoms with Gasteiger partial charge in [-0.2, -0.15) is 0 Å². The van der Waals surface area contributed by atoms with E-state index in [9.17, 15) is 4.79 Å². The summed E-state index contributed by atoms with van der Waals surface area (Å²) in [6.07, 6.45) is 2.37. The third kappa shape index (κ3) is 4.05. The summed E-state index contributed by atoms with van der Waals surface area (Å²) in [6.45, 7) is 4.07. The van der Waals surface area contributed by atoms with E-state index in [0.717, 1.165) is 16.5 Å². The van der Waals surface area contributed by atoms with E-state index >= 15 is 0 Å². The maximum atomic E-state index is 12.4. The number of pyridine rings is 1. The highest BCUT2D eigenvalue weighted by atomic mass is 79.9. The van der Waals surface area contributed by atoms with Crippen LogP contribution in [0.5, 0.6) is 0 Å². The summed E-state index contributed by atoms with van der Waals surface area (Å²) < 4.78 is 0.723. The fraction of sp³-hybridized carbons (Fsp3) is 0.250. The number of aromatic nitrogens is 1. The molecule has 0 aliphatic heterocycles. The van der Waals surface area contributed by atoms with E-state index < -0.39 is 0 Å². The Hall–Kier alpha value is -1.39. The molecule has 0 saturated carbocycles. The van der Waals surface area contributed by atoms with Crippen molar-refractivity contribution in [3.63, 3.8) is 0 Å². The predicted molar refractivity (Wildman–Crippen MR) is 88.6 cm³/mol. The fourth-order valence-corrected chi connectivity index (χ4v) is 2.56. The van der Waals surface area contributed by atoms with Gasteiger partial charge in [0.25, 0.3) is 5.91 Å². The number of nitrogens with one attached hydrogen (secondary N) is 1. The van der Waals surface area contributed by atoms with E-state index in [2.05, 4.69) is 26.2 Å². The second kappa shape index (κ2) is 7.05. The minimum atomic E-state index is -0.221. The van der Waals surface area contributed by atoms with Gasteiger partial charge < -0.3 is 5.32 Å². The molecule has 1 unspecified atom stereocenters. The van der Waals surface area contributed by atoms with Gasteiger partial charge in [0.2, 0.25) is 0 Å². The molecule has 1 N–H and O–H groups in total. The summed E-state index contributed by atoms with van der Waals surface area (Å²) in [4.78, 5) is 16.3. The largest absolute Gasteiger partial charge is 0.345 e. The Kier molecular flexibility index (Phi) is 5.37. The Balaban J connectivity index is 2.20. The molecule has 1 aromatic heterocycles. The number of benzene rings is 1. The van der Waals surface area contributed by atoms with Crippen molar-refractivity contribution < 1.29 is 4.79 Å². The molecular weight excluding hydrogens is 352 g/mol. The van der Waals surface area contributed by atoms with Gasteiger partial charge >= 0.3 is 0 Å². The summed E-state index contributed by atoms with van der Waals surface area (Å²) in [5, 5.41) is 3.21. The van der Waals surface area contributed by atoms with E-state index in [4.69, 9.17) is 11.6 Å². The van der Waals surface area contributed by atoms with Crippen LogP contribution in [0.25, 0.3) is 0 Å². The highest BCUT2D eigenvalue weighted by molar-refractivity contribution is 9.10. The van der Waals surface area contributed by atoms with Crippen molar-refractivity contribution in [3.8, 4) is 0 Å². The smallest absolute Gasteiger partial charge is 0.254 e. The molecular formula is C16H16BrClN2O. The van der Waals surface area contributed by atoms with Crippen molar-refractivity contribution in [1.29, 1.82) is 0 Å². The van der Waals surface area contributed by atoms with Gasteiger partial charge in [0.05, 0.1) is 11.6 Å². The molecule has 0 aliphatic rings. The van der Waals surface area contributed by atoms with Crippen molar-refractivity contribution in [2.45, 2.75) is 26.3 Å². The summed E-state index contributed by atoms with van der Waals surface area (Å²) in [5.74, 6) is -0.221. The maximum absolute atomic E-state index is 12.4. The number of aryl methyl sites for hydroxylation is 1. The van der Waals surface area contributed by atoms with Crippen LogP contribution in [-0.4, -0.2) is 10.9 Å². The van der Waals surface area contributed by atoms with Crippen LogP contribution in [0.2, 0.25) is 5.15 Å². The van der Waals surface area contributed by atoms with E-state index in [0.29, 0.717) is 5.56 Å². The minimum Gasteiger partial charge on any atom is -0.345 e. The first-order valence-corrected chi connectivity index (χ1v) is 7.86. The van der Waals surface area contributed by atoms with Gasteiger partial charge in [-0.15, -0.1) is 0 Å². The SMILES string of the molecule is CCC(NC(=O)c1cc(Br)cnc1Cl)c1ccc(C)cc1. The second-order valence-corrected chi connectivity index (χ2v) is 6.11. The zero-order valence-electron chi connectivity index (χ0n) is 11.9. The molecule has 110 valence electrons. The summed E-state index contributed by atoms with van der Waals surface area (Å²) in [7, 11) is 0. The first-order chi connectivity index (χ1) is 10.0. The molecule has 0 aliphatic carbocycles. The molecule has 0 saturated heterocycles. The van der Waals surface area contributed by atoms with Crippen LogP contribution in [0.4, 0.5) is 0 Å². The van der Waals surface area contributed by atoms with E-state index in [-0.39, 0.29) is 17.1 Å². The highest BCUT2D eigenvalue weighted by Gasteiger charge is 2.17. The van der Waals surface area contributed by atoms with Crippen LogP contribution < -0.4 is 5.32 Å². The van der Waals surface area contributed by atoms with Crippen LogP contribution in [0.15, 0.2) is 41.0 Å². The van der Waals surface area contributed by atoms with Gasteiger partial charge in [0.15, 0.2) is 0 Å². The summed E-state index contributed by atoms with van der Waals surface area (Å²) in [6, 6.07) is 9.77. The van der Waals surface area contributed by atoms with Crippen LogP contribution >= 0.6 is 27.5 Å². The number of halogens is 2. The van der Waals surface area contributed by atoms with Crippen molar-refractivity contribution in [3.05, 3.63) is 62.8 Å². The zero-order chi connectivity index (χ0) is 15.4. The summed E-state index contributed by atoms with van der Waals surface area (Å²) in [5.41, 5.74) is 2.64. The molecule has 21 heavy (non-hydrogen) atoms. The van der Waals surface area contributed by atoms with Gasteiger partial charge in [0, 0.05) is 10.7 Å². The molecule has 5 heteroatoms. The molecule has 0 fully saturated rings. The number of carbonyl (C=O) groups is 1. The minimum absolute atomic E-state index is 0.0480. The van der Waals surface area contributed by atoms with Crippen LogP contribution in [0.1, 0.15) is 40.9 Å². The van der Waals surface area contributed by atoms with E-state index in [1.54, 1.807) is 12.3 Å². The second-order valence-electron chi connectivity index (χ2n) is 4.84. The Morgan fingerprint density at radius 2 is 2.05 bits per heavy atom. The Morgan fingerprint density at radius 1 is 1.38 bits per heavy atom. The quantitative estimate of drug-likeness (QED) is 0.797. The third-order valence-electron chi connectivity index (χ3n) is 3.24. The Labute approximate surface area is 137 Å². The Morgan fingerprint density at radius 3 is 2.67 bits per heavy atom. The lowest BCUT2D eigenvalue weighted by molar-refractivity contribution is 0.0935. The normalized spacial score (nSPS) is 12.0. The lowest BCUT2D eigenvalue weighted by atomic mass is 10.0. The molecule has 0 radical (unpaired) electrons. The topological polar surface area (TPSA) is 42.0 Å². The van der Waals surface area contributed by atoms with Gasteiger partial charge in [-0.1, -0.05) is 48.4 Å². The molecule has 2 rings (SSSR count). The van der Waals surface area contributed by atoms with E-state index in [1.807, 2.05) is 38.1 Å². The lowest BCUT2D eigenvalue weighted by Gasteiger charge is -2.18. The fourth-order valence-electron chi connectivity index (χ4n) is 2.04. The number of nitrogens with zero attached hydrogens (tertiary/aromatic N) is 1. The predicted octanol–water partition coefficient (Wildman–Crippen LogP) is 4.69. The van der Waals surface area contributed by atoms with Crippen LogP contribution in [-0.2, 0) is 0 Å². The molecule has 1 heterocycles. The van der Waals surface area contributed by atoms with Crippen LogP contribution in [0.3, 0.4) is 0 Å². The molecule has 1 atom stereocenters. The van der Waals surface area contributed by atoms with Gasteiger partial charge in [-0.3, -0.25) is 4.79 Å². The van der Waals surface area contributed by atoms with Gasteiger partial charge in [0.1, 0.15) is 5.15 Å². The summed E-state index contributed by atoms with van der Waals surface area (Å²) >= 11 is 9.29.